The summed E-state index contributed by atoms with van der Waals surface area (Å²) in [6.07, 6.45) is 0.974. The third-order valence-corrected chi connectivity index (χ3v) is 6.16. The van der Waals surface area contributed by atoms with Crippen molar-refractivity contribution in [2.24, 2.45) is 0 Å². The highest BCUT2D eigenvalue weighted by Gasteiger charge is 2.15. The maximum atomic E-state index is 12.5. The number of hydrogen-bond acceptors (Lipinski definition) is 4. The molecular weight excluding hydrogens is 412 g/mol. The molecule has 3 rings (SSSR count). The molecule has 0 unspecified atom stereocenters. The fraction of sp³-hybridized carbons (Fsp3) is 0.208. The zero-order valence-electron chi connectivity index (χ0n) is 17.6. The number of nitrogens with one attached hydrogen (secondary N) is 2. The largest absolute Gasteiger partial charge is 0.492 e. The fourth-order valence-corrected chi connectivity index (χ4v) is 4.13. The molecule has 3 aromatic rings. The Kier molecular flexibility index (Phi) is 7.31. The van der Waals surface area contributed by atoms with Crippen molar-refractivity contribution in [1.29, 1.82) is 0 Å². The van der Waals surface area contributed by atoms with Crippen molar-refractivity contribution in [3.8, 4) is 5.75 Å². The zero-order chi connectivity index (χ0) is 22.3. The minimum atomic E-state index is -3.68. The van der Waals surface area contributed by atoms with Gasteiger partial charge in [0.2, 0.25) is 0 Å². The Bertz CT molecular complexity index is 1130. The van der Waals surface area contributed by atoms with E-state index in [2.05, 4.69) is 17.0 Å². The lowest BCUT2D eigenvalue weighted by atomic mass is 10.1. The van der Waals surface area contributed by atoms with Gasteiger partial charge in [-0.3, -0.25) is 9.52 Å². The van der Waals surface area contributed by atoms with E-state index in [0.29, 0.717) is 30.0 Å². The highest BCUT2D eigenvalue weighted by atomic mass is 32.2. The number of amides is 1. The molecule has 0 atom stereocenters. The number of carbonyl (C=O) groups is 1. The van der Waals surface area contributed by atoms with Gasteiger partial charge >= 0.3 is 0 Å². The van der Waals surface area contributed by atoms with Crippen LogP contribution in [0.3, 0.4) is 0 Å². The minimum Gasteiger partial charge on any atom is -0.492 e. The zero-order valence-corrected chi connectivity index (χ0v) is 18.4. The Balaban J connectivity index is 1.54. The maximum Gasteiger partial charge on any atom is 0.261 e. The molecule has 0 heterocycles. The van der Waals surface area contributed by atoms with Gasteiger partial charge in [-0.05, 0) is 66.9 Å². The van der Waals surface area contributed by atoms with Gasteiger partial charge in [0, 0.05) is 5.56 Å². The van der Waals surface area contributed by atoms with Gasteiger partial charge in [-0.2, -0.15) is 0 Å². The Morgan fingerprint density at radius 3 is 2.32 bits per heavy atom. The van der Waals surface area contributed by atoms with E-state index in [4.69, 9.17) is 4.74 Å². The van der Waals surface area contributed by atoms with Crippen LogP contribution in [-0.2, 0) is 16.4 Å². The van der Waals surface area contributed by atoms with Crippen LogP contribution in [0.1, 0.15) is 28.4 Å². The summed E-state index contributed by atoms with van der Waals surface area (Å²) in [5, 5.41) is 2.81. The monoisotopic (exact) mass is 438 g/mol. The molecule has 0 aliphatic heterocycles. The molecule has 0 saturated heterocycles. The van der Waals surface area contributed by atoms with Crippen molar-refractivity contribution in [3.05, 3.63) is 89.5 Å². The number of rotatable bonds is 9. The Morgan fingerprint density at radius 2 is 1.68 bits per heavy atom. The molecular formula is C24H26N2O4S. The molecule has 0 radical (unpaired) electrons. The van der Waals surface area contributed by atoms with Gasteiger partial charge in [0.1, 0.15) is 12.4 Å². The molecule has 0 aliphatic rings. The van der Waals surface area contributed by atoms with Crippen molar-refractivity contribution < 1.29 is 17.9 Å². The van der Waals surface area contributed by atoms with Crippen LogP contribution in [0.2, 0.25) is 0 Å². The summed E-state index contributed by atoms with van der Waals surface area (Å²) in [5.74, 6) is 0.517. The lowest BCUT2D eigenvalue weighted by molar-refractivity contribution is 0.0947. The predicted molar refractivity (Wildman–Crippen MR) is 122 cm³/mol. The SMILES string of the molecule is CCc1ccc(OCCNC(=O)c2ccc(NS(=O)(=O)c3ccccc3)c(C)c2)cc1. The predicted octanol–water partition coefficient (Wildman–Crippen LogP) is 4.17. The second-order valence-corrected chi connectivity index (χ2v) is 8.73. The standard InChI is InChI=1S/C24H26N2O4S/c1-3-19-9-12-21(13-10-19)30-16-15-25-24(27)20-11-14-23(18(2)17-20)26-31(28,29)22-7-5-4-6-8-22/h4-14,17,26H,3,15-16H2,1-2H3,(H,25,27). The molecule has 0 fully saturated rings. The van der Waals surface area contributed by atoms with Crippen molar-refractivity contribution in [1.82, 2.24) is 5.32 Å². The van der Waals surface area contributed by atoms with Crippen LogP contribution in [-0.4, -0.2) is 27.5 Å². The van der Waals surface area contributed by atoms with Crippen LogP contribution in [0, 0.1) is 6.92 Å². The highest BCUT2D eigenvalue weighted by molar-refractivity contribution is 7.92. The highest BCUT2D eigenvalue weighted by Crippen LogP contribution is 2.21. The summed E-state index contributed by atoms with van der Waals surface area (Å²) in [4.78, 5) is 12.6. The molecule has 162 valence electrons. The second-order valence-electron chi connectivity index (χ2n) is 7.05. The molecule has 0 saturated carbocycles. The normalized spacial score (nSPS) is 11.0. The van der Waals surface area contributed by atoms with Crippen LogP contribution < -0.4 is 14.8 Å². The number of aryl methyl sites for hydroxylation is 2. The summed E-state index contributed by atoms with van der Waals surface area (Å²) in [7, 11) is -3.68. The topological polar surface area (TPSA) is 84.5 Å². The maximum absolute atomic E-state index is 12.5. The Labute approximate surface area is 183 Å². The number of benzene rings is 3. The van der Waals surface area contributed by atoms with Gasteiger partial charge in [-0.15, -0.1) is 0 Å². The smallest absolute Gasteiger partial charge is 0.261 e. The van der Waals surface area contributed by atoms with Crippen LogP contribution in [0.5, 0.6) is 5.75 Å². The van der Waals surface area contributed by atoms with Crippen LogP contribution in [0.15, 0.2) is 77.7 Å². The van der Waals surface area contributed by atoms with Gasteiger partial charge in [0.25, 0.3) is 15.9 Å². The van der Waals surface area contributed by atoms with Gasteiger partial charge < -0.3 is 10.1 Å². The molecule has 1 amide bonds. The number of carbonyl (C=O) groups excluding carboxylic acids is 1. The van der Waals surface area contributed by atoms with Gasteiger partial charge in [-0.25, -0.2) is 8.42 Å². The van der Waals surface area contributed by atoms with Crippen molar-refractivity contribution in [2.45, 2.75) is 25.2 Å². The number of hydrogen-bond donors (Lipinski definition) is 2. The number of ether oxygens (including phenoxy) is 1. The molecule has 7 heteroatoms. The van der Waals surface area contributed by atoms with Crippen molar-refractivity contribution >= 4 is 21.6 Å². The lowest BCUT2D eigenvalue weighted by Crippen LogP contribution is -2.28. The molecule has 31 heavy (non-hydrogen) atoms. The van der Waals surface area contributed by atoms with Crippen molar-refractivity contribution in [3.63, 3.8) is 0 Å². The molecule has 6 nitrogen and oxygen atoms in total. The summed E-state index contributed by atoms with van der Waals surface area (Å²) in [6, 6.07) is 20.9. The molecule has 2 N–H and O–H groups in total. The third-order valence-electron chi connectivity index (χ3n) is 4.77. The van der Waals surface area contributed by atoms with E-state index in [1.807, 2.05) is 24.3 Å². The Hall–Kier alpha value is -3.32. The molecule has 0 spiro atoms. The second kappa shape index (κ2) is 10.1. The van der Waals surface area contributed by atoms with E-state index in [1.54, 1.807) is 43.3 Å². The van der Waals surface area contributed by atoms with E-state index in [-0.39, 0.29) is 10.8 Å². The first-order valence-electron chi connectivity index (χ1n) is 10.1. The molecule has 0 aliphatic carbocycles. The summed E-state index contributed by atoms with van der Waals surface area (Å²) in [6.45, 7) is 4.56. The van der Waals surface area contributed by atoms with Crippen molar-refractivity contribution in [2.75, 3.05) is 17.9 Å². The van der Waals surface area contributed by atoms with Crippen LogP contribution >= 0.6 is 0 Å². The van der Waals surface area contributed by atoms with E-state index in [1.165, 1.54) is 17.7 Å². The summed E-state index contributed by atoms with van der Waals surface area (Å²) >= 11 is 0. The lowest BCUT2D eigenvalue weighted by Gasteiger charge is -2.12. The van der Waals surface area contributed by atoms with E-state index >= 15 is 0 Å². The van der Waals surface area contributed by atoms with Crippen LogP contribution in [0.25, 0.3) is 0 Å². The fourth-order valence-electron chi connectivity index (χ4n) is 2.98. The Morgan fingerprint density at radius 1 is 0.968 bits per heavy atom. The van der Waals surface area contributed by atoms with E-state index in [0.717, 1.165) is 12.2 Å². The average molecular weight is 439 g/mol. The summed E-state index contributed by atoms with van der Waals surface area (Å²) in [5.41, 5.74) is 2.77. The number of anilines is 1. The molecule has 0 bridgehead atoms. The quantitative estimate of drug-likeness (QED) is 0.491. The van der Waals surface area contributed by atoms with E-state index in [9.17, 15) is 13.2 Å². The van der Waals surface area contributed by atoms with Gasteiger partial charge in [0.05, 0.1) is 17.1 Å². The van der Waals surface area contributed by atoms with E-state index < -0.39 is 10.0 Å². The molecule has 0 aromatic heterocycles. The third kappa shape index (κ3) is 6.08. The van der Waals surface area contributed by atoms with Gasteiger partial charge in [-0.1, -0.05) is 37.3 Å². The van der Waals surface area contributed by atoms with Crippen LogP contribution in [0.4, 0.5) is 5.69 Å². The average Bonchev–Trinajstić information content (AvgIpc) is 2.79. The number of sulfonamides is 1. The first kappa shape index (κ1) is 22.4. The first-order chi connectivity index (χ1) is 14.9. The molecule has 3 aromatic carbocycles. The minimum absolute atomic E-state index is 0.181. The van der Waals surface area contributed by atoms with Gasteiger partial charge in [0.15, 0.2) is 0 Å². The summed E-state index contributed by atoms with van der Waals surface area (Å²) < 4.78 is 33.2. The first-order valence-corrected chi connectivity index (χ1v) is 11.6.